The van der Waals surface area contributed by atoms with Gasteiger partial charge in [-0.05, 0) is 23.8 Å². The highest BCUT2D eigenvalue weighted by atomic mass is 19.1. The average Bonchev–Trinajstić information content (AvgIpc) is 2.49. The number of benzene rings is 2. The third-order valence-electron chi connectivity index (χ3n) is 3.35. The third kappa shape index (κ3) is 2.94. The van der Waals surface area contributed by atoms with Crippen LogP contribution in [0.15, 0.2) is 41.2 Å². The number of carboxylic acid groups (broad SMARTS) is 1. The number of carbonyl (C=O) groups is 1. The van der Waals surface area contributed by atoms with E-state index in [1.807, 2.05) is 0 Å². The Morgan fingerprint density at radius 1 is 1.17 bits per heavy atom. The van der Waals surface area contributed by atoms with Crippen molar-refractivity contribution in [2.75, 3.05) is 0 Å². The molecule has 0 saturated heterocycles. The molecule has 3 rings (SSSR count). The minimum Gasteiger partial charge on any atom is -0.478 e. The van der Waals surface area contributed by atoms with Gasteiger partial charge in [-0.1, -0.05) is 12.1 Å². The molecule has 2 aromatic carbocycles. The van der Waals surface area contributed by atoms with Crippen molar-refractivity contribution in [1.82, 2.24) is 9.97 Å². The van der Waals surface area contributed by atoms with Gasteiger partial charge in [-0.2, -0.15) is 0 Å². The molecule has 0 fully saturated rings. The average molecular weight is 316 g/mol. The second-order valence-corrected chi connectivity index (χ2v) is 4.98. The maximum atomic E-state index is 13.8. The number of H-pyrrole nitrogens is 1. The van der Waals surface area contributed by atoms with Crippen LogP contribution in [0.25, 0.3) is 10.9 Å². The van der Waals surface area contributed by atoms with Crippen molar-refractivity contribution >= 4 is 16.9 Å². The first-order chi connectivity index (χ1) is 10.9. The Labute approximate surface area is 128 Å². The van der Waals surface area contributed by atoms with Crippen LogP contribution in [0.3, 0.4) is 0 Å². The van der Waals surface area contributed by atoms with E-state index in [0.717, 1.165) is 6.07 Å². The molecule has 0 atom stereocenters. The van der Waals surface area contributed by atoms with Crippen molar-refractivity contribution in [3.63, 3.8) is 0 Å². The Bertz CT molecular complexity index is 965. The zero-order valence-electron chi connectivity index (χ0n) is 11.6. The monoisotopic (exact) mass is 316 g/mol. The highest BCUT2D eigenvalue weighted by molar-refractivity contribution is 5.87. The minimum atomic E-state index is -1.04. The third-order valence-corrected chi connectivity index (χ3v) is 3.35. The molecule has 3 aromatic rings. The maximum Gasteiger partial charge on any atom is 0.335 e. The van der Waals surface area contributed by atoms with E-state index >= 15 is 0 Å². The van der Waals surface area contributed by atoms with Crippen molar-refractivity contribution in [3.05, 3.63) is 75.3 Å². The van der Waals surface area contributed by atoms with E-state index in [1.165, 1.54) is 12.1 Å². The van der Waals surface area contributed by atoms with E-state index in [2.05, 4.69) is 9.97 Å². The zero-order valence-corrected chi connectivity index (χ0v) is 11.6. The van der Waals surface area contributed by atoms with Crippen molar-refractivity contribution in [2.24, 2.45) is 0 Å². The summed E-state index contributed by atoms with van der Waals surface area (Å²) >= 11 is 0. The molecule has 7 heteroatoms. The van der Waals surface area contributed by atoms with Gasteiger partial charge in [0, 0.05) is 12.5 Å². The highest BCUT2D eigenvalue weighted by Crippen LogP contribution is 2.15. The second-order valence-electron chi connectivity index (χ2n) is 4.98. The summed E-state index contributed by atoms with van der Waals surface area (Å²) in [6.07, 6.45) is 0.182. The van der Waals surface area contributed by atoms with Crippen LogP contribution in [0.2, 0.25) is 0 Å². The van der Waals surface area contributed by atoms with Gasteiger partial charge in [-0.15, -0.1) is 0 Å². The maximum absolute atomic E-state index is 13.8. The van der Waals surface area contributed by atoms with Crippen LogP contribution in [0, 0.1) is 11.6 Å². The van der Waals surface area contributed by atoms with Crippen molar-refractivity contribution in [2.45, 2.75) is 6.42 Å². The van der Waals surface area contributed by atoms with Gasteiger partial charge in [0.25, 0.3) is 5.56 Å². The molecule has 2 N–H and O–H groups in total. The SMILES string of the molecule is O=C(O)c1ccc(Cc2nc3c(F)cc(F)cc3c(=O)[nH]2)cc1. The molecular formula is C16H10F2N2O3. The van der Waals surface area contributed by atoms with E-state index in [4.69, 9.17) is 5.11 Å². The summed E-state index contributed by atoms with van der Waals surface area (Å²) in [6, 6.07) is 7.60. The Balaban J connectivity index is 2.00. The lowest BCUT2D eigenvalue weighted by molar-refractivity contribution is 0.0697. The van der Waals surface area contributed by atoms with Crippen LogP contribution in [0.5, 0.6) is 0 Å². The molecule has 1 heterocycles. The molecule has 116 valence electrons. The van der Waals surface area contributed by atoms with E-state index in [0.29, 0.717) is 11.6 Å². The fourth-order valence-corrected chi connectivity index (χ4v) is 2.26. The summed E-state index contributed by atoms with van der Waals surface area (Å²) < 4.78 is 26.9. The molecule has 0 aliphatic rings. The van der Waals surface area contributed by atoms with E-state index in [1.54, 1.807) is 12.1 Å². The lowest BCUT2D eigenvalue weighted by atomic mass is 10.1. The predicted octanol–water partition coefficient (Wildman–Crippen LogP) is 2.49. The molecule has 0 bridgehead atoms. The Kier molecular flexibility index (Phi) is 3.61. The van der Waals surface area contributed by atoms with E-state index < -0.39 is 23.2 Å². The number of aromatic amines is 1. The van der Waals surface area contributed by atoms with Gasteiger partial charge >= 0.3 is 5.97 Å². The number of aromatic nitrogens is 2. The number of rotatable bonds is 3. The van der Waals surface area contributed by atoms with Gasteiger partial charge in [0.2, 0.25) is 0 Å². The van der Waals surface area contributed by atoms with Crippen LogP contribution in [0.1, 0.15) is 21.7 Å². The first-order valence-electron chi connectivity index (χ1n) is 6.64. The van der Waals surface area contributed by atoms with Gasteiger partial charge < -0.3 is 10.1 Å². The normalized spacial score (nSPS) is 10.9. The van der Waals surface area contributed by atoms with Gasteiger partial charge in [0.05, 0.1) is 10.9 Å². The van der Waals surface area contributed by atoms with Crippen molar-refractivity contribution < 1.29 is 18.7 Å². The Hall–Kier alpha value is -3.09. The molecular weight excluding hydrogens is 306 g/mol. The van der Waals surface area contributed by atoms with Crippen molar-refractivity contribution in [1.29, 1.82) is 0 Å². The largest absolute Gasteiger partial charge is 0.478 e. The number of hydrogen-bond donors (Lipinski definition) is 2. The smallest absolute Gasteiger partial charge is 0.335 e. The first-order valence-corrected chi connectivity index (χ1v) is 6.64. The lowest BCUT2D eigenvalue weighted by Crippen LogP contribution is -2.13. The molecule has 5 nitrogen and oxygen atoms in total. The molecule has 1 aromatic heterocycles. The van der Waals surface area contributed by atoms with Crippen LogP contribution < -0.4 is 5.56 Å². The Morgan fingerprint density at radius 2 is 1.87 bits per heavy atom. The number of hydrogen-bond acceptors (Lipinski definition) is 3. The zero-order chi connectivity index (χ0) is 16.6. The summed E-state index contributed by atoms with van der Waals surface area (Å²) in [5, 5.41) is 8.68. The fourth-order valence-electron chi connectivity index (χ4n) is 2.26. The van der Waals surface area contributed by atoms with Crippen LogP contribution >= 0.6 is 0 Å². The number of aromatic carboxylic acids is 1. The van der Waals surface area contributed by atoms with E-state index in [-0.39, 0.29) is 28.7 Å². The van der Waals surface area contributed by atoms with Crippen LogP contribution in [-0.2, 0) is 6.42 Å². The molecule has 0 unspecified atom stereocenters. The number of halogens is 2. The number of nitrogens with one attached hydrogen (secondary N) is 1. The molecule has 0 spiro atoms. The second kappa shape index (κ2) is 5.60. The fraction of sp³-hybridized carbons (Fsp3) is 0.0625. The molecule has 23 heavy (non-hydrogen) atoms. The van der Waals surface area contributed by atoms with Crippen molar-refractivity contribution in [3.8, 4) is 0 Å². The molecule has 0 aliphatic carbocycles. The van der Waals surface area contributed by atoms with Gasteiger partial charge in [0.1, 0.15) is 17.2 Å². The number of fused-ring (bicyclic) bond motifs is 1. The van der Waals surface area contributed by atoms with Gasteiger partial charge in [0.15, 0.2) is 5.82 Å². The van der Waals surface area contributed by atoms with Crippen LogP contribution in [0.4, 0.5) is 8.78 Å². The Morgan fingerprint density at radius 3 is 2.52 bits per heavy atom. The summed E-state index contributed by atoms with van der Waals surface area (Å²) in [5.41, 5.74) is -0.00637. The number of carboxylic acids is 1. The molecule has 0 amide bonds. The van der Waals surface area contributed by atoms with Gasteiger partial charge in [-0.25, -0.2) is 18.6 Å². The lowest BCUT2D eigenvalue weighted by Gasteiger charge is -2.05. The predicted molar refractivity (Wildman–Crippen MR) is 78.5 cm³/mol. The summed E-state index contributed by atoms with van der Waals surface area (Å²) in [4.78, 5) is 29.2. The van der Waals surface area contributed by atoms with E-state index in [9.17, 15) is 18.4 Å². The van der Waals surface area contributed by atoms with Crippen LogP contribution in [-0.4, -0.2) is 21.0 Å². The number of nitrogens with zero attached hydrogens (tertiary/aromatic N) is 1. The van der Waals surface area contributed by atoms with Gasteiger partial charge in [-0.3, -0.25) is 4.79 Å². The first kappa shape index (κ1) is 14.8. The molecule has 0 radical (unpaired) electrons. The quantitative estimate of drug-likeness (QED) is 0.777. The molecule has 0 aliphatic heterocycles. The summed E-state index contributed by atoms with van der Waals surface area (Å²) in [7, 11) is 0. The highest BCUT2D eigenvalue weighted by Gasteiger charge is 2.11. The summed E-state index contributed by atoms with van der Waals surface area (Å²) in [6.45, 7) is 0. The standard InChI is InChI=1S/C16H10F2N2O3/c17-10-6-11-14(12(18)7-10)19-13(20-15(11)21)5-8-1-3-9(4-2-8)16(22)23/h1-4,6-7H,5H2,(H,22,23)(H,19,20,21). The summed E-state index contributed by atoms with van der Waals surface area (Å²) in [5.74, 6) is -2.60. The molecule has 0 saturated carbocycles. The minimum absolute atomic E-state index is 0.134. The topological polar surface area (TPSA) is 83.0 Å².